The summed E-state index contributed by atoms with van der Waals surface area (Å²) in [5.41, 5.74) is 7.67. The van der Waals surface area contributed by atoms with Crippen molar-refractivity contribution in [3.63, 3.8) is 0 Å². The summed E-state index contributed by atoms with van der Waals surface area (Å²) in [5.74, 6) is 1.75. The molecule has 0 aliphatic carbocycles. The number of hydrogen-bond donors (Lipinski definition) is 1. The number of aliphatic imine (C=N–C) groups is 1. The van der Waals surface area contributed by atoms with E-state index in [1.807, 2.05) is 48.7 Å². The molecule has 1 aliphatic heterocycles. The highest BCUT2D eigenvalue weighted by atomic mass is 35.5. The van der Waals surface area contributed by atoms with Gasteiger partial charge in [-0.1, -0.05) is 41.9 Å². The molecule has 3 aromatic carbocycles. The molecule has 188 valence electrons. The monoisotopic (exact) mass is 513 g/mol. The quantitative estimate of drug-likeness (QED) is 0.328. The fraction of sp³-hybridized carbons (Fsp3) is 0.207. The smallest absolute Gasteiger partial charge is 0.227 e. The Morgan fingerprint density at radius 2 is 1.73 bits per heavy atom. The van der Waals surface area contributed by atoms with E-state index in [0.29, 0.717) is 29.0 Å². The third kappa shape index (κ3) is 5.14. The SMILES string of the molecule is COc1ccc(Nc2ncc3c(n2)-c2ccc(Cl)cc2C(c2ccccc2CN(C)C)=NC3)cc1OC. The topological polar surface area (TPSA) is 71.9 Å². The number of fused-ring (bicyclic) bond motifs is 3. The van der Waals surface area contributed by atoms with Gasteiger partial charge >= 0.3 is 0 Å². The highest BCUT2D eigenvalue weighted by Gasteiger charge is 2.23. The Morgan fingerprint density at radius 1 is 0.919 bits per heavy atom. The van der Waals surface area contributed by atoms with E-state index in [-0.39, 0.29) is 0 Å². The van der Waals surface area contributed by atoms with Crippen LogP contribution >= 0.6 is 11.6 Å². The van der Waals surface area contributed by atoms with Crippen LogP contribution in [0.2, 0.25) is 5.02 Å². The Balaban J connectivity index is 1.57. The van der Waals surface area contributed by atoms with E-state index >= 15 is 0 Å². The highest BCUT2D eigenvalue weighted by Crippen LogP contribution is 2.35. The molecule has 4 aromatic rings. The van der Waals surface area contributed by atoms with Crippen LogP contribution < -0.4 is 14.8 Å². The molecule has 7 nitrogen and oxygen atoms in total. The fourth-order valence-corrected chi connectivity index (χ4v) is 4.66. The van der Waals surface area contributed by atoms with E-state index in [1.165, 1.54) is 5.56 Å². The molecule has 8 heteroatoms. The molecule has 0 amide bonds. The number of halogens is 1. The molecule has 1 aromatic heterocycles. The Bertz CT molecular complexity index is 1490. The van der Waals surface area contributed by atoms with Crippen molar-refractivity contribution < 1.29 is 9.47 Å². The summed E-state index contributed by atoms with van der Waals surface area (Å²) in [5, 5.41) is 3.94. The molecule has 37 heavy (non-hydrogen) atoms. The van der Waals surface area contributed by atoms with E-state index in [1.54, 1.807) is 14.2 Å². The summed E-state index contributed by atoms with van der Waals surface area (Å²) in [7, 11) is 7.35. The van der Waals surface area contributed by atoms with Crippen LogP contribution in [0.1, 0.15) is 22.3 Å². The molecule has 2 heterocycles. The summed E-state index contributed by atoms with van der Waals surface area (Å²) in [4.78, 5) is 16.7. The number of anilines is 2. The summed E-state index contributed by atoms with van der Waals surface area (Å²) in [6.45, 7) is 1.27. The van der Waals surface area contributed by atoms with Gasteiger partial charge in [-0.15, -0.1) is 0 Å². The van der Waals surface area contributed by atoms with Crippen LogP contribution in [0.25, 0.3) is 11.3 Å². The van der Waals surface area contributed by atoms with E-state index in [2.05, 4.69) is 47.5 Å². The minimum absolute atomic E-state index is 0.462. The number of rotatable bonds is 7. The molecule has 5 rings (SSSR count). The average molecular weight is 514 g/mol. The van der Waals surface area contributed by atoms with Crippen molar-refractivity contribution in [2.45, 2.75) is 13.1 Å². The molecular formula is C29H28ClN5O2. The predicted octanol–water partition coefficient (Wildman–Crippen LogP) is 5.97. The number of nitrogens with one attached hydrogen (secondary N) is 1. The van der Waals surface area contributed by atoms with Gasteiger partial charge < -0.3 is 19.7 Å². The lowest BCUT2D eigenvalue weighted by Gasteiger charge is -2.17. The maximum absolute atomic E-state index is 6.50. The van der Waals surface area contributed by atoms with Crippen LogP contribution in [0.3, 0.4) is 0 Å². The molecular weight excluding hydrogens is 486 g/mol. The minimum Gasteiger partial charge on any atom is -0.493 e. The van der Waals surface area contributed by atoms with Gasteiger partial charge in [0.2, 0.25) is 5.95 Å². The standard InChI is InChI=1S/C29H28ClN5O2/c1-35(2)17-18-7-5-6-8-22(18)28-24-13-20(30)9-11-23(24)27-19(15-31-28)16-32-29(34-27)33-21-10-12-25(36-3)26(14-21)37-4/h5-14,16H,15,17H2,1-4H3,(H,32,33,34). The number of hydrogen-bond acceptors (Lipinski definition) is 7. The molecule has 0 atom stereocenters. The number of benzene rings is 3. The summed E-state index contributed by atoms with van der Waals surface area (Å²) in [6.07, 6.45) is 1.84. The summed E-state index contributed by atoms with van der Waals surface area (Å²) in [6, 6.07) is 19.8. The Morgan fingerprint density at radius 3 is 2.51 bits per heavy atom. The first-order valence-electron chi connectivity index (χ1n) is 11.9. The van der Waals surface area contributed by atoms with Crippen molar-refractivity contribution >= 4 is 28.9 Å². The molecule has 0 spiro atoms. The van der Waals surface area contributed by atoms with Crippen molar-refractivity contribution in [3.8, 4) is 22.8 Å². The Kier molecular flexibility index (Phi) is 7.08. The molecule has 0 radical (unpaired) electrons. The molecule has 1 N–H and O–H groups in total. The molecule has 0 saturated heterocycles. The second-order valence-corrected chi connectivity index (χ2v) is 9.45. The van der Waals surface area contributed by atoms with Crippen LogP contribution in [0.5, 0.6) is 11.5 Å². The predicted molar refractivity (Wildman–Crippen MR) is 148 cm³/mol. The second-order valence-electron chi connectivity index (χ2n) is 9.01. The lowest BCUT2D eigenvalue weighted by molar-refractivity contribution is 0.355. The van der Waals surface area contributed by atoms with Gasteiger partial charge in [0.15, 0.2) is 11.5 Å². The lowest BCUT2D eigenvalue weighted by Crippen LogP contribution is -2.15. The molecule has 1 aliphatic rings. The van der Waals surface area contributed by atoms with Crippen LogP contribution in [-0.2, 0) is 13.1 Å². The van der Waals surface area contributed by atoms with Gasteiger partial charge in [-0.3, -0.25) is 4.99 Å². The maximum Gasteiger partial charge on any atom is 0.227 e. The van der Waals surface area contributed by atoms with E-state index < -0.39 is 0 Å². The Labute approximate surface area is 221 Å². The first kappa shape index (κ1) is 24.7. The van der Waals surface area contributed by atoms with Crippen molar-refractivity contribution in [1.29, 1.82) is 0 Å². The van der Waals surface area contributed by atoms with Crippen LogP contribution in [0, 0.1) is 0 Å². The first-order valence-corrected chi connectivity index (χ1v) is 12.3. The van der Waals surface area contributed by atoms with Gasteiger partial charge in [0.1, 0.15) is 0 Å². The zero-order valence-electron chi connectivity index (χ0n) is 21.2. The Hall–Kier alpha value is -3.94. The van der Waals surface area contributed by atoms with Gasteiger partial charge in [-0.25, -0.2) is 9.97 Å². The van der Waals surface area contributed by atoms with Gasteiger partial charge in [-0.05, 0) is 43.9 Å². The highest BCUT2D eigenvalue weighted by molar-refractivity contribution is 6.31. The molecule has 0 bridgehead atoms. The number of methoxy groups -OCH3 is 2. The zero-order valence-corrected chi connectivity index (χ0v) is 22.0. The van der Waals surface area contributed by atoms with Gasteiger partial charge in [0.05, 0.1) is 32.2 Å². The van der Waals surface area contributed by atoms with E-state index in [0.717, 1.165) is 45.9 Å². The van der Waals surface area contributed by atoms with E-state index in [9.17, 15) is 0 Å². The minimum atomic E-state index is 0.462. The third-order valence-corrected chi connectivity index (χ3v) is 6.40. The number of nitrogens with zero attached hydrogens (tertiary/aromatic N) is 4. The summed E-state index contributed by atoms with van der Waals surface area (Å²) < 4.78 is 10.8. The van der Waals surface area contributed by atoms with Crippen molar-refractivity contribution in [2.24, 2.45) is 4.99 Å². The molecule has 0 saturated carbocycles. The zero-order chi connectivity index (χ0) is 25.9. The van der Waals surface area contributed by atoms with Crippen LogP contribution in [0.15, 0.2) is 71.9 Å². The third-order valence-electron chi connectivity index (χ3n) is 6.16. The molecule has 0 fully saturated rings. The fourth-order valence-electron chi connectivity index (χ4n) is 4.49. The normalized spacial score (nSPS) is 12.3. The van der Waals surface area contributed by atoms with Crippen molar-refractivity contribution in [2.75, 3.05) is 33.6 Å². The summed E-state index contributed by atoms with van der Waals surface area (Å²) >= 11 is 6.50. The number of ether oxygens (including phenoxy) is 2. The van der Waals surface area contributed by atoms with Gasteiger partial charge in [-0.2, -0.15) is 0 Å². The van der Waals surface area contributed by atoms with E-state index in [4.69, 9.17) is 31.1 Å². The largest absolute Gasteiger partial charge is 0.493 e. The average Bonchev–Trinajstić information content (AvgIpc) is 3.05. The molecule has 0 unspecified atom stereocenters. The van der Waals surface area contributed by atoms with Crippen LogP contribution in [-0.4, -0.2) is 48.9 Å². The number of aromatic nitrogens is 2. The van der Waals surface area contributed by atoms with Crippen molar-refractivity contribution in [3.05, 3.63) is 94.1 Å². The van der Waals surface area contributed by atoms with Gasteiger partial charge in [0, 0.05) is 51.8 Å². The van der Waals surface area contributed by atoms with Crippen LogP contribution in [0.4, 0.5) is 11.6 Å². The first-order chi connectivity index (χ1) is 18.0. The van der Waals surface area contributed by atoms with Crippen molar-refractivity contribution in [1.82, 2.24) is 14.9 Å². The van der Waals surface area contributed by atoms with Gasteiger partial charge in [0.25, 0.3) is 0 Å². The second kappa shape index (κ2) is 10.6. The maximum atomic E-state index is 6.50. The lowest BCUT2D eigenvalue weighted by atomic mass is 9.92.